The number of carbonyl (C=O) groups is 1. The molecule has 1 N–H and O–H groups in total. The zero-order valence-electron chi connectivity index (χ0n) is 16.7. The van der Waals surface area contributed by atoms with Gasteiger partial charge in [-0.15, -0.1) is 0 Å². The number of hydrogen-bond acceptors (Lipinski definition) is 4. The van der Waals surface area contributed by atoms with Gasteiger partial charge in [0, 0.05) is 23.9 Å². The van der Waals surface area contributed by atoms with Gasteiger partial charge in [0.2, 0.25) is 5.89 Å². The maximum atomic E-state index is 12.8. The van der Waals surface area contributed by atoms with E-state index in [4.69, 9.17) is 4.42 Å². The summed E-state index contributed by atoms with van der Waals surface area (Å²) < 4.78 is 5.74. The van der Waals surface area contributed by atoms with Gasteiger partial charge < -0.3 is 9.73 Å². The van der Waals surface area contributed by atoms with Crippen molar-refractivity contribution >= 4 is 5.78 Å². The summed E-state index contributed by atoms with van der Waals surface area (Å²) in [6.07, 6.45) is 4.36. The van der Waals surface area contributed by atoms with Crippen LogP contribution in [0.1, 0.15) is 52.6 Å². The first kappa shape index (κ1) is 18.3. The number of aryl methyl sites for hydroxylation is 1. The van der Waals surface area contributed by atoms with Gasteiger partial charge in [-0.1, -0.05) is 42.5 Å². The molecule has 2 unspecified atom stereocenters. The molecule has 2 saturated carbocycles. The number of rotatable bonds is 8. The lowest BCUT2D eigenvalue weighted by Crippen LogP contribution is -2.20. The lowest BCUT2D eigenvalue weighted by Gasteiger charge is -2.05. The molecule has 5 rings (SSSR count). The van der Waals surface area contributed by atoms with Crippen LogP contribution in [0.25, 0.3) is 11.5 Å². The summed E-state index contributed by atoms with van der Waals surface area (Å²) in [7, 11) is 0. The van der Waals surface area contributed by atoms with E-state index in [1.54, 1.807) is 6.92 Å². The van der Waals surface area contributed by atoms with E-state index in [1.807, 2.05) is 30.3 Å². The van der Waals surface area contributed by atoms with Gasteiger partial charge in [0.1, 0.15) is 11.5 Å². The Kier molecular flexibility index (Phi) is 4.80. The van der Waals surface area contributed by atoms with Gasteiger partial charge in [-0.05, 0) is 61.9 Å². The van der Waals surface area contributed by atoms with Gasteiger partial charge in [0.15, 0.2) is 5.78 Å². The number of nitrogens with one attached hydrogen (secondary N) is 1. The predicted molar refractivity (Wildman–Crippen MR) is 113 cm³/mol. The third kappa shape index (κ3) is 4.18. The normalized spacial score (nSPS) is 20.6. The Balaban J connectivity index is 1.21. The molecule has 0 spiro atoms. The van der Waals surface area contributed by atoms with Gasteiger partial charge in [-0.25, -0.2) is 4.98 Å². The van der Waals surface area contributed by atoms with Crippen molar-refractivity contribution in [1.29, 1.82) is 0 Å². The van der Waals surface area contributed by atoms with Gasteiger partial charge in [0.05, 0.1) is 0 Å². The third-order valence-electron chi connectivity index (χ3n) is 6.01. The van der Waals surface area contributed by atoms with Crippen LogP contribution in [-0.2, 0) is 6.42 Å². The van der Waals surface area contributed by atoms with Crippen LogP contribution in [0.5, 0.6) is 0 Å². The minimum absolute atomic E-state index is 0.00317. The largest absolute Gasteiger partial charge is 0.441 e. The monoisotopic (exact) mass is 386 g/mol. The van der Waals surface area contributed by atoms with Crippen LogP contribution in [-0.4, -0.2) is 23.4 Å². The number of oxazole rings is 1. The van der Waals surface area contributed by atoms with Crippen molar-refractivity contribution in [1.82, 2.24) is 10.3 Å². The number of hydrogen-bond donors (Lipinski definition) is 1. The zero-order chi connectivity index (χ0) is 19.8. The van der Waals surface area contributed by atoms with Gasteiger partial charge in [-0.2, -0.15) is 0 Å². The average molecular weight is 386 g/mol. The molecule has 2 aliphatic carbocycles. The maximum absolute atomic E-state index is 12.8. The van der Waals surface area contributed by atoms with Crippen molar-refractivity contribution in [3.05, 3.63) is 77.2 Å². The Bertz CT molecular complexity index is 1000. The molecule has 1 heterocycles. The number of aromatic nitrogens is 1. The Morgan fingerprint density at radius 2 is 1.86 bits per heavy atom. The molecule has 0 radical (unpaired) electrons. The zero-order valence-corrected chi connectivity index (χ0v) is 16.7. The molecule has 2 aliphatic rings. The fourth-order valence-corrected chi connectivity index (χ4v) is 3.94. The van der Waals surface area contributed by atoms with E-state index < -0.39 is 0 Å². The van der Waals surface area contributed by atoms with E-state index in [2.05, 4.69) is 34.6 Å². The van der Waals surface area contributed by atoms with Crippen molar-refractivity contribution in [2.24, 2.45) is 5.92 Å². The first-order valence-corrected chi connectivity index (χ1v) is 10.6. The van der Waals surface area contributed by atoms with Crippen LogP contribution < -0.4 is 5.32 Å². The summed E-state index contributed by atoms with van der Waals surface area (Å²) in [5, 5.41) is 3.68. The van der Waals surface area contributed by atoms with Crippen LogP contribution in [0.2, 0.25) is 0 Å². The molecule has 4 nitrogen and oxygen atoms in total. The first-order valence-electron chi connectivity index (χ1n) is 10.6. The molecule has 0 saturated heterocycles. The molecule has 2 atom stereocenters. The molecule has 1 aromatic heterocycles. The Morgan fingerprint density at radius 1 is 1.10 bits per heavy atom. The van der Waals surface area contributed by atoms with Crippen LogP contribution in [0.4, 0.5) is 0 Å². The molecule has 148 valence electrons. The Hall–Kier alpha value is -2.72. The minimum atomic E-state index is -0.00317. The average Bonchev–Trinajstić information content (AvgIpc) is 3.66. The predicted octanol–water partition coefficient (Wildman–Crippen LogP) is 4.93. The highest BCUT2D eigenvalue weighted by molar-refractivity contribution is 5.97. The first-order chi connectivity index (χ1) is 14.2. The Morgan fingerprint density at radius 3 is 2.59 bits per heavy atom. The highest BCUT2D eigenvalue weighted by atomic mass is 16.4. The highest BCUT2D eigenvalue weighted by Crippen LogP contribution is 2.41. The molecule has 2 aromatic carbocycles. The molecule has 3 aromatic rings. The van der Waals surface area contributed by atoms with Crippen molar-refractivity contribution in [3.8, 4) is 11.5 Å². The summed E-state index contributed by atoms with van der Waals surface area (Å²) in [5.41, 5.74) is 3.71. The smallest absolute Gasteiger partial charge is 0.226 e. The highest BCUT2D eigenvalue weighted by Gasteiger charge is 2.38. The fraction of sp³-hybridized carbons (Fsp3) is 0.360. The molecule has 29 heavy (non-hydrogen) atoms. The second-order valence-electron chi connectivity index (χ2n) is 8.43. The van der Waals surface area contributed by atoms with E-state index in [-0.39, 0.29) is 5.78 Å². The van der Waals surface area contributed by atoms with E-state index in [0.29, 0.717) is 35.7 Å². The third-order valence-corrected chi connectivity index (χ3v) is 6.01. The van der Waals surface area contributed by atoms with Crippen molar-refractivity contribution in [3.63, 3.8) is 0 Å². The molecule has 0 bridgehead atoms. The molecule has 2 fully saturated rings. The number of carbonyl (C=O) groups excluding carboxylic acids is 1. The van der Waals surface area contributed by atoms with E-state index in [0.717, 1.165) is 17.0 Å². The molecule has 4 heteroatoms. The molecule has 0 aliphatic heterocycles. The van der Waals surface area contributed by atoms with Crippen LogP contribution in [0.3, 0.4) is 0 Å². The van der Waals surface area contributed by atoms with Gasteiger partial charge in [0.25, 0.3) is 0 Å². The molecular weight excluding hydrogens is 360 g/mol. The van der Waals surface area contributed by atoms with E-state index in [1.165, 1.54) is 31.4 Å². The Labute approximate surface area is 171 Å². The number of benzene rings is 2. The topological polar surface area (TPSA) is 55.1 Å². The van der Waals surface area contributed by atoms with Crippen molar-refractivity contribution < 1.29 is 9.21 Å². The van der Waals surface area contributed by atoms with Crippen LogP contribution in [0.15, 0.2) is 59.0 Å². The number of ketones is 1. The maximum Gasteiger partial charge on any atom is 0.226 e. The summed E-state index contributed by atoms with van der Waals surface area (Å²) in [5.74, 6) is 2.63. The second-order valence-corrected chi connectivity index (χ2v) is 8.43. The summed E-state index contributed by atoms with van der Waals surface area (Å²) in [6, 6.07) is 18.8. The molecular formula is C25H26N2O2. The van der Waals surface area contributed by atoms with E-state index >= 15 is 0 Å². The number of nitrogens with zero attached hydrogens (tertiary/aromatic N) is 1. The quantitative estimate of drug-likeness (QED) is 0.558. The standard InChI is InChI=1S/C25H26N2O2/c1-16-24(27-25(29-16)20-5-3-2-4-6-20)23(28)13-17-9-11-19(12-10-17)21-14-22(21)26-15-18-7-8-18/h2-6,9-12,18,21-22,26H,7-8,13-15H2,1H3. The van der Waals surface area contributed by atoms with Crippen molar-refractivity contribution in [2.45, 2.75) is 44.6 Å². The summed E-state index contributed by atoms with van der Waals surface area (Å²) in [4.78, 5) is 17.2. The lowest BCUT2D eigenvalue weighted by atomic mass is 10.0. The molecule has 0 amide bonds. The summed E-state index contributed by atoms with van der Waals surface area (Å²) in [6.45, 7) is 2.98. The van der Waals surface area contributed by atoms with E-state index in [9.17, 15) is 4.79 Å². The van der Waals surface area contributed by atoms with Crippen LogP contribution >= 0.6 is 0 Å². The SMILES string of the molecule is Cc1oc(-c2ccccc2)nc1C(=O)Cc1ccc(C2CC2NCC2CC2)cc1. The van der Waals surface area contributed by atoms with Gasteiger partial charge in [-0.3, -0.25) is 4.79 Å². The minimum Gasteiger partial charge on any atom is -0.441 e. The van der Waals surface area contributed by atoms with Gasteiger partial charge >= 0.3 is 0 Å². The lowest BCUT2D eigenvalue weighted by molar-refractivity contribution is 0.0987. The van der Waals surface area contributed by atoms with Crippen molar-refractivity contribution in [2.75, 3.05) is 6.54 Å². The summed E-state index contributed by atoms with van der Waals surface area (Å²) >= 11 is 0. The van der Waals surface area contributed by atoms with Crippen LogP contribution in [0, 0.1) is 12.8 Å². The second kappa shape index (κ2) is 7.60. The fourth-order valence-electron chi connectivity index (χ4n) is 3.94. The number of Topliss-reactive ketones (excluding diaryl/α,β-unsaturated/α-hetero) is 1.